The Kier molecular flexibility index (Phi) is 6.42. The van der Waals surface area contributed by atoms with Crippen LogP contribution in [0.5, 0.6) is 11.5 Å². The normalized spacial score (nSPS) is 15.5. The van der Waals surface area contributed by atoms with Crippen LogP contribution in [0.25, 0.3) is 6.08 Å². The Hall–Kier alpha value is -2.02. The summed E-state index contributed by atoms with van der Waals surface area (Å²) in [7, 11) is 0. The maximum absolute atomic E-state index is 12.9. The Labute approximate surface area is 173 Å². The van der Waals surface area contributed by atoms with Crippen molar-refractivity contribution < 1.29 is 14.3 Å². The van der Waals surface area contributed by atoms with E-state index in [0.29, 0.717) is 38.9 Å². The molecule has 27 heavy (non-hydrogen) atoms. The Morgan fingerprint density at radius 3 is 2.63 bits per heavy atom. The fraction of sp³-hybridized carbons (Fsp3) is 0.200. The molecule has 1 fully saturated rings. The zero-order valence-electron chi connectivity index (χ0n) is 14.9. The number of benzene rings is 2. The Morgan fingerprint density at radius 1 is 1.15 bits per heavy atom. The number of thiocarbonyl (C=S) groups is 1. The average molecular weight is 420 g/mol. The van der Waals surface area contributed by atoms with Gasteiger partial charge in [0.2, 0.25) is 0 Å². The van der Waals surface area contributed by atoms with E-state index in [1.54, 1.807) is 24.3 Å². The third-order valence-electron chi connectivity index (χ3n) is 3.74. The quantitative estimate of drug-likeness (QED) is 0.453. The van der Waals surface area contributed by atoms with Crippen molar-refractivity contribution in [1.29, 1.82) is 0 Å². The number of halogens is 1. The molecule has 3 rings (SSSR count). The average Bonchev–Trinajstić information content (AvgIpc) is 2.91. The van der Waals surface area contributed by atoms with Gasteiger partial charge in [0.05, 0.1) is 23.8 Å². The number of hydrogen-bond donors (Lipinski definition) is 0. The molecule has 0 atom stereocenters. The molecule has 0 unspecified atom stereocenters. The lowest BCUT2D eigenvalue weighted by Crippen LogP contribution is -2.27. The maximum Gasteiger partial charge on any atom is 0.270 e. The van der Waals surface area contributed by atoms with Gasteiger partial charge in [0, 0.05) is 16.7 Å². The Bertz CT molecular complexity index is 914. The highest BCUT2D eigenvalue weighted by Gasteiger charge is 2.33. The summed E-state index contributed by atoms with van der Waals surface area (Å²) in [5.74, 6) is 1.21. The largest absolute Gasteiger partial charge is 0.494 e. The molecule has 0 spiro atoms. The van der Waals surface area contributed by atoms with Crippen LogP contribution in [0, 0.1) is 0 Å². The summed E-state index contributed by atoms with van der Waals surface area (Å²) in [6.45, 7) is 4.92. The fourth-order valence-corrected chi connectivity index (χ4v) is 4.09. The summed E-state index contributed by atoms with van der Waals surface area (Å²) in [5.41, 5.74) is 1.46. The van der Waals surface area contributed by atoms with Crippen LogP contribution in [0.15, 0.2) is 47.4 Å². The van der Waals surface area contributed by atoms with Crippen LogP contribution in [-0.2, 0) is 4.79 Å². The molecule has 7 heteroatoms. The monoisotopic (exact) mass is 419 g/mol. The molecule has 2 aromatic carbocycles. The van der Waals surface area contributed by atoms with E-state index >= 15 is 0 Å². The zero-order valence-corrected chi connectivity index (χ0v) is 17.3. The van der Waals surface area contributed by atoms with Gasteiger partial charge in [-0.25, -0.2) is 0 Å². The molecule has 1 amide bonds. The molecule has 140 valence electrons. The summed E-state index contributed by atoms with van der Waals surface area (Å²) in [6.07, 6.45) is 1.80. The van der Waals surface area contributed by atoms with Crippen molar-refractivity contribution in [3.63, 3.8) is 0 Å². The minimum absolute atomic E-state index is 0.177. The van der Waals surface area contributed by atoms with Crippen molar-refractivity contribution in [3.8, 4) is 11.5 Å². The number of carbonyl (C=O) groups excluding carboxylic acids is 1. The predicted molar refractivity (Wildman–Crippen MR) is 116 cm³/mol. The number of thioether (sulfide) groups is 1. The highest BCUT2D eigenvalue weighted by Crippen LogP contribution is 2.38. The van der Waals surface area contributed by atoms with Gasteiger partial charge in [-0.05, 0) is 50.3 Å². The second kappa shape index (κ2) is 8.78. The van der Waals surface area contributed by atoms with E-state index in [9.17, 15) is 4.79 Å². The van der Waals surface area contributed by atoms with Gasteiger partial charge in [-0.15, -0.1) is 0 Å². The molecule has 1 aliphatic rings. The molecule has 1 heterocycles. The lowest BCUT2D eigenvalue weighted by molar-refractivity contribution is -0.113. The van der Waals surface area contributed by atoms with Gasteiger partial charge in [-0.1, -0.05) is 41.6 Å². The summed E-state index contributed by atoms with van der Waals surface area (Å²) in [4.78, 5) is 14.9. The van der Waals surface area contributed by atoms with Gasteiger partial charge < -0.3 is 9.47 Å². The maximum atomic E-state index is 12.9. The van der Waals surface area contributed by atoms with E-state index in [0.717, 1.165) is 11.3 Å². The van der Waals surface area contributed by atoms with Crippen LogP contribution < -0.4 is 14.4 Å². The third-order valence-corrected chi connectivity index (χ3v) is 5.28. The van der Waals surface area contributed by atoms with E-state index in [4.69, 9.17) is 33.3 Å². The van der Waals surface area contributed by atoms with Gasteiger partial charge in [-0.3, -0.25) is 9.69 Å². The van der Waals surface area contributed by atoms with E-state index in [1.165, 1.54) is 16.7 Å². The van der Waals surface area contributed by atoms with Gasteiger partial charge in [-0.2, -0.15) is 0 Å². The Morgan fingerprint density at radius 2 is 1.93 bits per heavy atom. The minimum atomic E-state index is -0.177. The minimum Gasteiger partial charge on any atom is -0.494 e. The highest BCUT2D eigenvalue weighted by molar-refractivity contribution is 8.27. The Balaban J connectivity index is 1.93. The molecule has 0 N–H and O–H groups in total. The standard InChI is InChI=1S/C20H18ClNO3S2/c1-3-24-16-9-8-13(17(12-16)25-4-2)10-18-19(23)22(20(26)27-18)15-7-5-6-14(21)11-15/h5-12H,3-4H2,1-2H3/b18-10-. The predicted octanol–water partition coefficient (Wildman–Crippen LogP) is 5.54. The number of carbonyl (C=O) groups is 1. The topological polar surface area (TPSA) is 38.8 Å². The molecule has 0 aromatic heterocycles. The molecule has 1 aliphatic heterocycles. The van der Waals surface area contributed by atoms with Crippen LogP contribution in [0.4, 0.5) is 5.69 Å². The SMILES string of the molecule is CCOc1ccc(/C=C2\SC(=S)N(c3cccc(Cl)c3)C2=O)c(OCC)c1. The van der Waals surface area contributed by atoms with Crippen LogP contribution in [0.2, 0.25) is 5.02 Å². The zero-order chi connectivity index (χ0) is 19.4. The smallest absolute Gasteiger partial charge is 0.270 e. The molecular formula is C20H18ClNO3S2. The summed E-state index contributed by atoms with van der Waals surface area (Å²) in [6, 6.07) is 12.6. The molecule has 0 saturated carbocycles. The molecule has 0 aliphatic carbocycles. The number of hydrogen-bond acceptors (Lipinski definition) is 5. The first-order valence-electron chi connectivity index (χ1n) is 8.46. The van der Waals surface area contributed by atoms with E-state index in [2.05, 4.69) is 0 Å². The first-order valence-corrected chi connectivity index (χ1v) is 10.1. The molecule has 2 aromatic rings. The molecule has 0 bridgehead atoms. The van der Waals surface area contributed by atoms with E-state index in [1.807, 2.05) is 38.1 Å². The van der Waals surface area contributed by atoms with Crippen molar-refractivity contribution in [2.24, 2.45) is 0 Å². The number of ether oxygens (including phenoxy) is 2. The lowest BCUT2D eigenvalue weighted by Gasteiger charge is -2.14. The lowest BCUT2D eigenvalue weighted by atomic mass is 10.1. The molecular weight excluding hydrogens is 402 g/mol. The van der Waals surface area contributed by atoms with Crippen molar-refractivity contribution in [1.82, 2.24) is 0 Å². The van der Waals surface area contributed by atoms with Crippen LogP contribution in [-0.4, -0.2) is 23.4 Å². The molecule has 0 radical (unpaired) electrons. The van der Waals surface area contributed by atoms with Gasteiger partial charge in [0.15, 0.2) is 4.32 Å². The van der Waals surface area contributed by atoms with Crippen molar-refractivity contribution in [2.75, 3.05) is 18.1 Å². The van der Waals surface area contributed by atoms with Crippen molar-refractivity contribution in [2.45, 2.75) is 13.8 Å². The second-order valence-electron chi connectivity index (χ2n) is 5.56. The van der Waals surface area contributed by atoms with Crippen molar-refractivity contribution in [3.05, 3.63) is 58.0 Å². The number of nitrogens with zero attached hydrogens (tertiary/aromatic N) is 1. The van der Waals surface area contributed by atoms with Gasteiger partial charge >= 0.3 is 0 Å². The number of anilines is 1. The van der Waals surface area contributed by atoms with Crippen LogP contribution in [0.3, 0.4) is 0 Å². The van der Waals surface area contributed by atoms with Gasteiger partial charge in [0.25, 0.3) is 5.91 Å². The first kappa shape index (κ1) is 19.7. The summed E-state index contributed by atoms with van der Waals surface area (Å²) < 4.78 is 11.7. The van der Waals surface area contributed by atoms with Gasteiger partial charge in [0.1, 0.15) is 11.5 Å². The number of amides is 1. The van der Waals surface area contributed by atoms with E-state index in [-0.39, 0.29) is 5.91 Å². The molecule has 4 nitrogen and oxygen atoms in total. The summed E-state index contributed by atoms with van der Waals surface area (Å²) >= 11 is 12.7. The highest BCUT2D eigenvalue weighted by atomic mass is 35.5. The fourth-order valence-electron chi connectivity index (χ4n) is 2.62. The summed E-state index contributed by atoms with van der Waals surface area (Å²) in [5, 5.41) is 0.552. The second-order valence-corrected chi connectivity index (χ2v) is 7.67. The van der Waals surface area contributed by atoms with Crippen molar-refractivity contribution >= 4 is 57.6 Å². The van der Waals surface area contributed by atoms with Crippen LogP contribution >= 0.6 is 35.6 Å². The number of rotatable bonds is 6. The van der Waals surface area contributed by atoms with Crippen LogP contribution in [0.1, 0.15) is 19.4 Å². The molecule has 1 saturated heterocycles. The first-order chi connectivity index (χ1) is 13.0. The van der Waals surface area contributed by atoms with E-state index < -0.39 is 0 Å². The third kappa shape index (κ3) is 4.46.